The minimum absolute atomic E-state index is 0.240. The molecule has 9 heteroatoms. The van der Waals surface area contributed by atoms with Crippen LogP contribution in [-0.2, 0) is 30.3 Å². The number of ketones is 1. The topological polar surface area (TPSA) is 105 Å². The van der Waals surface area contributed by atoms with E-state index >= 15 is 0 Å². The first-order valence-electron chi connectivity index (χ1n) is 11.3. The molecule has 2 amide bonds. The normalized spacial score (nSPS) is 13.6. The van der Waals surface area contributed by atoms with Gasteiger partial charge in [-0.25, -0.2) is 4.79 Å². The molecule has 0 aliphatic heterocycles. The second-order valence-corrected chi connectivity index (χ2v) is 8.72. The average molecular weight is 480 g/mol. The summed E-state index contributed by atoms with van der Waals surface area (Å²) in [6, 6.07) is 6.45. The Morgan fingerprint density at radius 2 is 1.73 bits per heavy atom. The Morgan fingerprint density at radius 3 is 2.24 bits per heavy atom. The minimum Gasteiger partial charge on any atom is -0.467 e. The van der Waals surface area contributed by atoms with Crippen molar-refractivity contribution in [2.45, 2.75) is 57.7 Å². The molecule has 0 fully saturated rings. The number of Topliss-reactive ketones (excluding diaryl/α,β-unsaturated/α-hetero) is 1. The number of rotatable bonds is 17. The first-order valence-corrected chi connectivity index (χ1v) is 12.7. The van der Waals surface area contributed by atoms with Gasteiger partial charge in [0.1, 0.15) is 6.04 Å². The van der Waals surface area contributed by atoms with E-state index in [1.54, 1.807) is 11.8 Å². The number of carbonyl (C=O) groups excluding carboxylic acids is 4. The third-order valence-electron chi connectivity index (χ3n) is 5.21. The Balaban J connectivity index is 3.23. The molecule has 0 aliphatic carbocycles. The Morgan fingerprint density at radius 1 is 1.09 bits per heavy atom. The highest BCUT2D eigenvalue weighted by atomic mass is 32.2. The average Bonchev–Trinajstić information content (AvgIpc) is 2.81. The number of thioether (sulfide) groups is 1. The molecule has 0 spiro atoms. The molecule has 0 saturated heterocycles. The number of hydrogen-bond donors (Lipinski definition) is 2. The fourth-order valence-electron chi connectivity index (χ4n) is 3.67. The lowest BCUT2D eigenvalue weighted by atomic mass is 9.99. The SMILES string of the molecule is CCCN(CCC)C(C(=O)NC(Cc1ccccc1)C(=O)OC)C(=O)C(CCSC)NC=O. The number of hydrogen-bond acceptors (Lipinski definition) is 7. The number of amides is 2. The van der Waals surface area contributed by atoms with Gasteiger partial charge in [-0.1, -0.05) is 44.2 Å². The van der Waals surface area contributed by atoms with Crippen LogP contribution < -0.4 is 10.6 Å². The van der Waals surface area contributed by atoms with Crippen LogP contribution in [0, 0.1) is 0 Å². The lowest BCUT2D eigenvalue weighted by Gasteiger charge is -2.32. The zero-order valence-corrected chi connectivity index (χ0v) is 20.9. The zero-order chi connectivity index (χ0) is 24.6. The Bertz CT molecular complexity index is 741. The van der Waals surface area contributed by atoms with Crippen LogP contribution in [-0.4, -0.2) is 79.3 Å². The van der Waals surface area contributed by atoms with Crippen molar-refractivity contribution >= 4 is 35.8 Å². The van der Waals surface area contributed by atoms with Gasteiger partial charge in [0, 0.05) is 6.42 Å². The summed E-state index contributed by atoms with van der Waals surface area (Å²) < 4.78 is 4.91. The molecule has 1 aromatic rings. The van der Waals surface area contributed by atoms with E-state index in [1.165, 1.54) is 7.11 Å². The second-order valence-electron chi connectivity index (χ2n) is 7.73. The van der Waals surface area contributed by atoms with E-state index in [0.717, 1.165) is 18.4 Å². The smallest absolute Gasteiger partial charge is 0.328 e. The first kappa shape index (κ1) is 28.6. The van der Waals surface area contributed by atoms with Gasteiger partial charge in [-0.15, -0.1) is 0 Å². The van der Waals surface area contributed by atoms with Gasteiger partial charge in [0.2, 0.25) is 12.3 Å². The van der Waals surface area contributed by atoms with Crippen molar-refractivity contribution in [1.82, 2.24) is 15.5 Å². The van der Waals surface area contributed by atoms with Gasteiger partial charge in [-0.3, -0.25) is 19.3 Å². The van der Waals surface area contributed by atoms with Crippen LogP contribution in [0.4, 0.5) is 0 Å². The molecule has 1 aromatic carbocycles. The largest absolute Gasteiger partial charge is 0.467 e. The molecule has 184 valence electrons. The van der Waals surface area contributed by atoms with E-state index in [4.69, 9.17) is 4.74 Å². The number of benzene rings is 1. The molecule has 8 nitrogen and oxygen atoms in total. The lowest BCUT2D eigenvalue weighted by molar-refractivity contribution is -0.147. The third kappa shape index (κ3) is 9.55. The van der Waals surface area contributed by atoms with Crippen LogP contribution in [0.15, 0.2) is 30.3 Å². The van der Waals surface area contributed by atoms with Crippen LogP contribution in [0.25, 0.3) is 0 Å². The van der Waals surface area contributed by atoms with Crippen LogP contribution in [0.1, 0.15) is 38.7 Å². The quantitative estimate of drug-likeness (QED) is 0.199. The molecule has 33 heavy (non-hydrogen) atoms. The maximum atomic E-state index is 13.5. The molecule has 3 unspecified atom stereocenters. The fraction of sp³-hybridized carbons (Fsp3) is 0.583. The van der Waals surface area contributed by atoms with E-state index in [0.29, 0.717) is 31.7 Å². The Hall–Kier alpha value is -2.39. The molecule has 0 saturated carbocycles. The number of esters is 1. The summed E-state index contributed by atoms with van der Waals surface area (Å²) in [4.78, 5) is 52.4. The highest BCUT2D eigenvalue weighted by Gasteiger charge is 2.38. The molecular weight excluding hydrogens is 442 g/mol. The molecule has 0 radical (unpaired) electrons. The van der Waals surface area contributed by atoms with Gasteiger partial charge in [-0.05, 0) is 49.9 Å². The molecule has 2 N–H and O–H groups in total. The van der Waals surface area contributed by atoms with Crippen molar-refractivity contribution in [3.05, 3.63) is 35.9 Å². The van der Waals surface area contributed by atoms with Gasteiger partial charge in [0.05, 0.1) is 13.2 Å². The van der Waals surface area contributed by atoms with Crippen LogP contribution >= 0.6 is 11.8 Å². The van der Waals surface area contributed by atoms with Crippen molar-refractivity contribution in [2.75, 3.05) is 32.2 Å². The monoisotopic (exact) mass is 479 g/mol. The number of ether oxygens (including phenoxy) is 1. The zero-order valence-electron chi connectivity index (χ0n) is 20.0. The van der Waals surface area contributed by atoms with Crippen LogP contribution in [0.3, 0.4) is 0 Å². The van der Waals surface area contributed by atoms with Gasteiger partial charge >= 0.3 is 5.97 Å². The molecule has 3 atom stereocenters. The summed E-state index contributed by atoms with van der Waals surface area (Å²) in [5.41, 5.74) is 0.857. The van der Waals surface area contributed by atoms with E-state index in [1.807, 2.05) is 55.3 Å². The van der Waals surface area contributed by atoms with Crippen molar-refractivity contribution in [1.29, 1.82) is 0 Å². The first-order chi connectivity index (χ1) is 15.9. The standard InChI is InChI=1S/C24H37N3O5S/c1-5-13-27(14-6-2)21(22(29)19(25-17-28)12-15-33-4)23(30)26-20(24(31)32-3)16-18-10-8-7-9-11-18/h7-11,17,19-21H,5-6,12-16H2,1-4H3,(H,25,28)(H,26,30). The summed E-state index contributed by atoms with van der Waals surface area (Å²) in [5.74, 6) is -0.860. The van der Waals surface area contributed by atoms with Crippen molar-refractivity contribution < 1.29 is 23.9 Å². The fourth-order valence-corrected chi connectivity index (χ4v) is 4.14. The van der Waals surface area contributed by atoms with Crippen molar-refractivity contribution in [2.24, 2.45) is 0 Å². The summed E-state index contributed by atoms with van der Waals surface area (Å²) >= 11 is 1.56. The molecule has 0 aromatic heterocycles. The lowest BCUT2D eigenvalue weighted by Crippen LogP contribution is -2.59. The van der Waals surface area contributed by atoms with Gasteiger partial charge in [-0.2, -0.15) is 11.8 Å². The second kappa shape index (κ2) is 16.3. The highest BCUT2D eigenvalue weighted by Crippen LogP contribution is 2.13. The van der Waals surface area contributed by atoms with Gasteiger partial charge in [0.15, 0.2) is 11.8 Å². The molecule has 1 rings (SSSR count). The maximum Gasteiger partial charge on any atom is 0.328 e. The third-order valence-corrected chi connectivity index (χ3v) is 5.86. The predicted octanol–water partition coefficient (Wildman–Crippen LogP) is 1.81. The van der Waals surface area contributed by atoms with E-state index in [2.05, 4.69) is 10.6 Å². The number of nitrogens with one attached hydrogen (secondary N) is 2. The molecule has 0 bridgehead atoms. The molecular formula is C24H37N3O5S. The van der Waals surface area contributed by atoms with Crippen LogP contribution in [0.5, 0.6) is 0 Å². The number of carbonyl (C=O) groups is 4. The number of methoxy groups -OCH3 is 1. The Kier molecular flexibility index (Phi) is 14.1. The molecule has 0 aliphatic rings. The minimum atomic E-state index is -1.12. The van der Waals surface area contributed by atoms with Gasteiger partial charge < -0.3 is 15.4 Å². The predicted molar refractivity (Wildman–Crippen MR) is 131 cm³/mol. The van der Waals surface area contributed by atoms with E-state index < -0.39 is 30.0 Å². The van der Waals surface area contributed by atoms with E-state index in [9.17, 15) is 19.2 Å². The summed E-state index contributed by atoms with van der Waals surface area (Å²) in [6.07, 6.45) is 4.56. The van der Waals surface area contributed by atoms with Crippen molar-refractivity contribution in [3.8, 4) is 0 Å². The van der Waals surface area contributed by atoms with Crippen molar-refractivity contribution in [3.63, 3.8) is 0 Å². The molecule has 0 heterocycles. The summed E-state index contributed by atoms with van der Waals surface area (Å²) in [7, 11) is 1.27. The van der Waals surface area contributed by atoms with Crippen LogP contribution in [0.2, 0.25) is 0 Å². The maximum absolute atomic E-state index is 13.5. The summed E-state index contributed by atoms with van der Waals surface area (Å²) in [6.45, 7) is 5.03. The van der Waals surface area contributed by atoms with Gasteiger partial charge in [0.25, 0.3) is 0 Å². The summed E-state index contributed by atoms with van der Waals surface area (Å²) in [5, 5.41) is 5.33. The highest BCUT2D eigenvalue weighted by molar-refractivity contribution is 7.98. The number of nitrogens with zero attached hydrogens (tertiary/aromatic N) is 1. The van der Waals surface area contributed by atoms with E-state index in [-0.39, 0.29) is 12.2 Å². The Labute approximate surface area is 201 Å².